The molecule has 1 N–H and O–H groups in total. The van der Waals surface area contributed by atoms with E-state index in [0.717, 1.165) is 6.42 Å². The molecule has 2 aliphatic rings. The van der Waals surface area contributed by atoms with Crippen LogP contribution in [0.5, 0.6) is 0 Å². The van der Waals surface area contributed by atoms with Crippen LogP contribution in [0.15, 0.2) is 0 Å². The summed E-state index contributed by atoms with van der Waals surface area (Å²) in [4.78, 5) is 0. The molecule has 0 amide bonds. The van der Waals surface area contributed by atoms with E-state index in [0.29, 0.717) is 5.92 Å². The summed E-state index contributed by atoms with van der Waals surface area (Å²) in [5.41, 5.74) is 0. The Morgan fingerprint density at radius 3 is 2.53 bits per heavy atom. The van der Waals surface area contributed by atoms with E-state index < -0.39 is 18.2 Å². The number of hydrogen-bond acceptors (Lipinski definition) is 4. The molecule has 15 heavy (non-hydrogen) atoms. The zero-order chi connectivity index (χ0) is 11.2. The lowest BCUT2D eigenvalue weighted by atomic mass is 9.96. The Kier molecular flexibility index (Phi) is 2.79. The molecule has 2 aliphatic heterocycles. The van der Waals surface area contributed by atoms with Crippen LogP contribution in [0, 0.1) is 5.92 Å². The molecule has 88 valence electrons. The normalized spacial score (nSPS) is 45.4. The summed E-state index contributed by atoms with van der Waals surface area (Å²) in [7, 11) is 0. The van der Waals surface area contributed by atoms with Crippen molar-refractivity contribution in [1.82, 2.24) is 0 Å². The Balaban J connectivity index is 2.05. The van der Waals surface area contributed by atoms with Crippen LogP contribution < -0.4 is 0 Å². The zero-order valence-electron chi connectivity index (χ0n) is 9.77. The van der Waals surface area contributed by atoms with E-state index in [-0.39, 0.29) is 12.2 Å². The summed E-state index contributed by atoms with van der Waals surface area (Å²) in [5.74, 6) is -0.322. The quantitative estimate of drug-likeness (QED) is 0.755. The van der Waals surface area contributed by atoms with Gasteiger partial charge in [0, 0.05) is 0 Å². The number of aliphatic hydroxyl groups is 1. The van der Waals surface area contributed by atoms with Crippen LogP contribution in [-0.2, 0) is 14.2 Å². The third kappa shape index (κ3) is 1.91. The predicted octanol–water partition coefficient (Wildman–Crippen LogP) is 1.27. The van der Waals surface area contributed by atoms with Gasteiger partial charge in [-0.25, -0.2) is 0 Å². The van der Waals surface area contributed by atoms with Gasteiger partial charge in [-0.2, -0.15) is 0 Å². The maximum Gasteiger partial charge on any atom is 0.190 e. The highest BCUT2D eigenvalue weighted by Gasteiger charge is 2.54. The first kappa shape index (κ1) is 11.3. The van der Waals surface area contributed by atoms with Crippen molar-refractivity contribution < 1.29 is 19.3 Å². The van der Waals surface area contributed by atoms with Gasteiger partial charge in [0.05, 0.1) is 6.10 Å². The van der Waals surface area contributed by atoms with Crippen LogP contribution in [-0.4, -0.2) is 35.5 Å². The Labute approximate surface area is 90.5 Å². The van der Waals surface area contributed by atoms with E-state index in [9.17, 15) is 5.11 Å². The Morgan fingerprint density at radius 2 is 2.00 bits per heavy atom. The minimum Gasteiger partial charge on any atom is -0.387 e. The minimum absolute atomic E-state index is 0.166. The van der Waals surface area contributed by atoms with E-state index in [1.807, 2.05) is 13.8 Å². The maximum absolute atomic E-state index is 10.1. The lowest BCUT2D eigenvalue weighted by Crippen LogP contribution is -2.37. The Hall–Kier alpha value is -0.160. The molecule has 0 spiro atoms. The van der Waals surface area contributed by atoms with Gasteiger partial charge in [0.1, 0.15) is 12.2 Å². The minimum atomic E-state index is -0.642. The number of aliphatic hydroxyl groups excluding tert-OH is 1. The van der Waals surface area contributed by atoms with Crippen LogP contribution in [0.3, 0.4) is 0 Å². The topological polar surface area (TPSA) is 47.9 Å². The third-order valence-electron chi connectivity index (χ3n) is 3.26. The first-order chi connectivity index (χ1) is 6.94. The van der Waals surface area contributed by atoms with Crippen molar-refractivity contribution in [3.8, 4) is 0 Å². The molecule has 2 saturated heterocycles. The van der Waals surface area contributed by atoms with Gasteiger partial charge in [-0.15, -0.1) is 0 Å². The third-order valence-corrected chi connectivity index (χ3v) is 3.26. The van der Waals surface area contributed by atoms with Crippen LogP contribution in [0.25, 0.3) is 0 Å². The molecular formula is C11H20O4. The van der Waals surface area contributed by atoms with E-state index in [1.165, 1.54) is 0 Å². The highest BCUT2D eigenvalue weighted by atomic mass is 16.8. The maximum atomic E-state index is 10.1. The molecule has 4 nitrogen and oxygen atoms in total. The molecule has 0 radical (unpaired) electrons. The van der Waals surface area contributed by atoms with Gasteiger partial charge in [0.25, 0.3) is 0 Å². The lowest BCUT2D eigenvalue weighted by Gasteiger charge is -2.25. The average molecular weight is 216 g/mol. The van der Waals surface area contributed by atoms with E-state index in [2.05, 4.69) is 13.8 Å². The number of hydrogen-bond donors (Lipinski definition) is 1. The molecule has 4 heteroatoms. The number of fused-ring (bicyclic) bond motifs is 1. The van der Waals surface area contributed by atoms with E-state index in [4.69, 9.17) is 14.2 Å². The summed E-state index contributed by atoms with van der Waals surface area (Å²) in [6.45, 7) is 7.82. The second-order valence-corrected chi connectivity index (χ2v) is 4.95. The molecular weight excluding hydrogens is 196 g/mol. The predicted molar refractivity (Wildman–Crippen MR) is 54.2 cm³/mol. The number of ether oxygens (including phenoxy) is 3. The summed E-state index contributed by atoms with van der Waals surface area (Å²) in [6, 6.07) is 0. The second kappa shape index (κ2) is 3.70. The molecule has 0 aromatic carbocycles. The van der Waals surface area contributed by atoms with E-state index in [1.54, 1.807) is 0 Å². The SMILES string of the molecule is CC[C@H](C)[C@H]1O[C@@H]2OC(C)(C)O[C@@H]2[C@@H]1O. The van der Waals surface area contributed by atoms with Crippen LogP contribution in [0.2, 0.25) is 0 Å². The van der Waals surface area contributed by atoms with Crippen LogP contribution >= 0.6 is 0 Å². The fourth-order valence-corrected chi connectivity index (χ4v) is 2.22. The van der Waals surface area contributed by atoms with Crippen molar-refractivity contribution in [2.45, 2.75) is 64.5 Å². The summed E-state index contributed by atoms with van der Waals surface area (Å²) < 4.78 is 16.9. The van der Waals surface area contributed by atoms with E-state index >= 15 is 0 Å². The lowest BCUT2D eigenvalue weighted by molar-refractivity contribution is -0.220. The van der Waals surface area contributed by atoms with Crippen molar-refractivity contribution in [2.75, 3.05) is 0 Å². The molecule has 2 rings (SSSR count). The molecule has 0 aliphatic carbocycles. The van der Waals surface area contributed by atoms with Crippen molar-refractivity contribution in [3.63, 3.8) is 0 Å². The zero-order valence-corrected chi connectivity index (χ0v) is 9.77. The molecule has 2 heterocycles. The second-order valence-electron chi connectivity index (χ2n) is 4.95. The Morgan fingerprint density at radius 1 is 1.33 bits per heavy atom. The fraction of sp³-hybridized carbons (Fsp3) is 1.00. The highest BCUT2D eigenvalue weighted by Crippen LogP contribution is 2.39. The first-order valence-electron chi connectivity index (χ1n) is 5.64. The summed E-state index contributed by atoms with van der Waals surface area (Å²) in [6.07, 6.45) is -0.509. The molecule has 0 saturated carbocycles. The van der Waals surface area contributed by atoms with Crippen molar-refractivity contribution >= 4 is 0 Å². The molecule has 0 unspecified atom stereocenters. The van der Waals surface area contributed by atoms with Crippen LogP contribution in [0.4, 0.5) is 0 Å². The van der Waals surface area contributed by atoms with Crippen molar-refractivity contribution in [3.05, 3.63) is 0 Å². The van der Waals surface area contributed by atoms with Gasteiger partial charge in [-0.05, 0) is 19.8 Å². The van der Waals surface area contributed by atoms with Gasteiger partial charge in [-0.1, -0.05) is 20.3 Å². The summed E-state index contributed by atoms with van der Waals surface area (Å²) >= 11 is 0. The monoisotopic (exact) mass is 216 g/mol. The van der Waals surface area contributed by atoms with Gasteiger partial charge in [0.2, 0.25) is 0 Å². The van der Waals surface area contributed by atoms with Crippen molar-refractivity contribution in [2.24, 2.45) is 5.92 Å². The highest BCUT2D eigenvalue weighted by molar-refractivity contribution is 4.94. The average Bonchev–Trinajstić information content (AvgIpc) is 2.60. The largest absolute Gasteiger partial charge is 0.387 e. The molecule has 0 aromatic heterocycles. The van der Waals surface area contributed by atoms with Crippen LogP contribution in [0.1, 0.15) is 34.1 Å². The first-order valence-corrected chi connectivity index (χ1v) is 5.64. The fourth-order valence-electron chi connectivity index (χ4n) is 2.22. The molecule has 0 aromatic rings. The van der Waals surface area contributed by atoms with Gasteiger partial charge in [0.15, 0.2) is 12.1 Å². The smallest absolute Gasteiger partial charge is 0.190 e. The summed E-state index contributed by atoms with van der Waals surface area (Å²) in [5, 5.41) is 10.1. The standard InChI is InChI=1S/C11H20O4/c1-5-6(2)8-7(12)9-10(13-8)15-11(3,4)14-9/h6-10,12H,5H2,1-4H3/t6-,7+,8+,9+,10+/m0/s1. The molecule has 0 bridgehead atoms. The van der Waals surface area contributed by atoms with Gasteiger partial charge >= 0.3 is 0 Å². The van der Waals surface area contributed by atoms with Gasteiger partial charge < -0.3 is 19.3 Å². The molecule has 2 fully saturated rings. The van der Waals surface area contributed by atoms with Crippen molar-refractivity contribution in [1.29, 1.82) is 0 Å². The number of rotatable bonds is 2. The van der Waals surface area contributed by atoms with Gasteiger partial charge in [-0.3, -0.25) is 0 Å². The molecule has 5 atom stereocenters. The Bertz CT molecular complexity index is 241.